The molecule has 4 heteroatoms. The van der Waals surface area contributed by atoms with E-state index in [1.807, 2.05) is 0 Å². The molecule has 0 saturated carbocycles. The highest BCUT2D eigenvalue weighted by molar-refractivity contribution is 5.62. The minimum absolute atomic E-state index is 0.316. The Hall–Kier alpha value is -1.71. The zero-order chi connectivity index (χ0) is 9.14. The molecule has 0 fully saturated rings. The third kappa shape index (κ3) is 1.88. The number of nitrogen functional groups attached to an aromatic ring is 1. The summed E-state index contributed by atoms with van der Waals surface area (Å²) in [7, 11) is 0. The number of hydrogen-bond donors (Lipinski definition) is 2. The van der Waals surface area contributed by atoms with Gasteiger partial charge in [0.1, 0.15) is 5.75 Å². The van der Waals surface area contributed by atoms with Crippen molar-refractivity contribution in [1.82, 2.24) is 0 Å². The maximum absolute atomic E-state index is 10.2. The minimum Gasteiger partial charge on any atom is -0.449 e. The Bertz CT molecular complexity index is 309. The van der Waals surface area contributed by atoms with Crippen LogP contribution in [0.2, 0.25) is 0 Å². The van der Waals surface area contributed by atoms with E-state index in [1.165, 1.54) is 6.07 Å². The molecule has 0 saturated heterocycles. The highest BCUT2D eigenvalue weighted by atomic mass is 16.7. The Morgan fingerprint density at radius 1 is 1.58 bits per heavy atom. The van der Waals surface area contributed by atoms with Crippen LogP contribution in [0.15, 0.2) is 18.2 Å². The lowest BCUT2D eigenvalue weighted by atomic mass is 10.2. The number of carbonyl (C=O) groups is 1. The summed E-state index contributed by atoms with van der Waals surface area (Å²) >= 11 is 0. The van der Waals surface area contributed by atoms with Gasteiger partial charge in [-0.15, -0.1) is 0 Å². The van der Waals surface area contributed by atoms with Crippen LogP contribution < -0.4 is 10.5 Å². The summed E-state index contributed by atoms with van der Waals surface area (Å²) in [5.74, 6) is 0.316. The van der Waals surface area contributed by atoms with Gasteiger partial charge in [0.2, 0.25) is 0 Å². The van der Waals surface area contributed by atoms with Crippen molar-refractivity contribution in [3.63, 3.8) is 0 Å². The molecule has 0 aliphatic rings. The maximum Gasteiger partial charge on any atom is 0.511 e. The molecule has 0 unspecified atom stereocenters. The molecule has 0 aliphatic carbocycles. The number of anilines is 1. The fourth-order valence-electron chi connectivity index (χ4n) is 0.881. The lowest BCUT2D eigenvalue weighted by Crippen LogP contribution is -2.04. The molecule has 3 N–H and O–H groups in total. The average Bonchev–Trinajstić information content (AvgIpc) is 1.94. The molecule has 0 aliphatic heterocycles. The van der Waals surface area contributed by atoms with Crippen molar-refractivity contribution in [3.8, 4) is 5.75 Å². The Kier molecular flexibility index (Phi) is 2.19. The first-order chi connectivity index (χ1) is 5.59. The molecule has 0 atom stereocenters. The number of ether oxygens (including phenoxy) is 1. The summed E-state index contributed by atoms with van der Waals surface area (Å²) in [5.41, 5.74) is 6.75. The van der Waals surface area contributed by atoms with Crippen LogP contribution in [-0.2, 0) is 0 Å². The van der Waals surface area contributed by atoms with E-state index in [2.05, 4.69) is 4.74 Å². The monoisotopic (exact) mass is 167 g/mol. The normalized spacial score (nSPS) is 9.42. The topological polar surface area (TPSA) is 72.5 Å². The van der Waals surface area contributed by atoms with Crippen molar-refractivity contribution in [2.45, 2.75) is 6.92 Å². The van der Waals surface area contributed by atoms with Crippen molar-refractivity contribution in [1.29, 1.82) is 0 Å². The number of benzene rings is 1. The van der Waals surface area contributed by atoms with Gasteiger partial charge < -0.3 is 15.6 Å². The van der Waals surface area contributed by atoms with Crippen molar-refractivity contribution in [2.24, 2.45) is 0 Å². The molecule has 1 aromatic rings. The van der Waals surface area contributed by atoms with Gasteiger partial charge in [-0.2, -0.15) is 0 Å². The van der Waals surface area contributed by atoms with E-state index in [-0.39, 0.29) is 0 Å². The van der Waals surface area contributed by atoms with Crippen molar-refractivity contribution in [3.05, 3.63) is 23.8 Å². The second-order valence-corrected chi connectivity index (χ2v) is 2.39. The number of rotatable bonds is 1. The first-order valence-corrected chi connectivity index (χ1v) is 3.36. The van der Waals surface area contributed by atoms with E-state index in [4.69, 9.17) is 10.8 Å². The molecule has 64 valence electrons. The number of carboxylic acid groups (broad SMARTS) is 1. The van der Waals surface area contributed by atoms with Gasteiger partial charge >= 0.3 is 6.16 Å². The fraction of sp³-hybridized carbons (Fsp3) is 0.125. The smallest absolute Gasteiger partial charge is 0.449 e. The van der Waals surface area contributed by atoms with Crippen LogP contribution in [-0.4, -0.2) is 11.3 Å². The van der Waals surface area contributed by atoms with Gasteiger partial charge in [0.05, 0.1) is 0 Å². The highest BCUT2D eigenvalue weighted by Crippen LogP contribution is 2.19. The second kappa shape index (κ2) is 3.13. The van der Waals surface area contributed by atoms with E-state index in [0.29, 0.717) is 17.0 Å². The van der Waals surface area contributed by atoms with Crippen LogP contribution in [0.25, 0.3) is 0 Å². The minimum atomic E-state index is -1.32. The fourth-order valence-corrected chi connectivity index (χ4v) is 0.881. The van der Waals surface area contributed by atoms with Crippen LogP contribution in [0.5, 0.6) is 5.75 Å². The molecule has 0 radical (unpaired) electrons. The lowest BCUT2D eigenvalue weighted by Gasteiger charge is -2.03. The van der Waals surface area contributed by atoms with Crippen molar-refractivity contribution in [2.75, 3.05) is 5.73 Å². The number of nitrogens with two attached hydrogens (primary N) is 1. The van der Waals surface area contributed by atoms with E-state index < -0.39 is 6.16 Å². The number of hydrogen-bond acceptors (Lipinski definition) is 3. The van der Waals surface area contributed by atoms with Crippen LogP contribution in [0, 0.1) is 6.92 Å². The van der Waals surface area contributed by atoms with Crippen molar-refractivity contribution < 1.29 is 14.6 Å². The Morgan fingerprint density at radius 3 is 2.75 bits per heavy atom. The molecule has 1 aromatic carbocycles. The summed E-state index contributed by atoms with van der Waals surface area (Å²) in [6.45, 7) is 1.73. The van der Waals surface area contributed by atoms with Gasteiger partial charge in [0.15, 0.2) is 0 Å². The zero-order valence-corrected chi connectivity index (χ0v) is 6.57. The van der Waals surface area contributed by atoms with Crippen LogP contribution in [0.4, 0.5) is 10.5 Å². The Labute approximate surface area is 69.6 Å². The van der Waals surface area contributed by atoms with Gasteiger partial charge in [-0.3, -0.25) is 0 Å². The number of aryl methyl sites for hydroxylation is 1. The molecular weight excluding hydrogens is 158 g/mol. The molecule has 0 bridgehead atoms. The maximum atomic E-state index is 10.2. The predicted molar refractivity (Wildman–Crippen MR) is 44.2 cm³/mol. The average molecular weight is 167 g/mol. The Morgan fingerprint density at radius 2 is 2.25 bits per heavy atom. The molecule has 0 amide bonds. The SMILES string of the molecule is Cc1cc(N)ccc1OC(=O)O. The van der Waals surface area contributed by atoms with Crippen LogP contribution >= 0.6 is 0 Å². The third-order valence-corrected chi connectivity index (χ3v) is 1.40. The molecule has 0 aromatic heterocycles. The van der Waals surface area contributed by atoms with Gasteiger partial charge in [0.25, 0.3) is 0 Å². The third-order valence-electron chi connectivity index (χ3n) is 1.40. The van der Waals surface area contributed by atoms with Crippen molar-refractivity contribution >= 4 is 11.8 Å². The molecule has 0 spiro atoms. The molecule has 4 nitrogen and oxygen atoms in total. The van der Waals surface area contributed by atoms with Crippen LogP contribution in [0.3, 0.4) is 0 Å². The first-order valence-electron chi connectivity index (χ1n) is 3.36. The summed E-state index contributed by atoms with van der Waals surface area (Å²) in [6.07, 6.45) is -1.32. The molecule has 0 heterocycles. The predicted octanol–water partition coefficient (Wildman–Crippen LogP) is 1.63. The quantitative estimate of drug-likeness (QED) is 0.379. The van der Waals surface area contributed by atoms with Gasteiger partial charge in [-0.25, -0.2) is 4.79 Å². The van der Waals surface area contributed by atoms with E-state index in [1.54, 1.807) is 19.1 Å². The van der Waals surface area contributed by atoms with E-state index >= 15 is 0 Å². The molecule has 1 rings (SSSR count). The van der Waals surface area contributed by atoms with Gasteiger partial charge in [0, 0.05) is 5.69 Å². The van der Waals surface area contributed by atoms with Gasteiger partial charge in [-0.05, 0) is 30.7 Å². The largest absolute Gasteiger partial charge is 0.511 e. The Balaban J connectivity index is 2.93. The molecule has 12 heavy (non-hydrogen) atoms. The van der Waals surface area contributed by atoms with E-state index in [9.17, 15) is 4.79 Å². The second-order valence-electron chi connectivity index (χ2n) is 2.39. The summed E-state index contributed by atoms with van der Waals surface area (Å²) in [6, 6.07) is 4.77. The zero-order valence-electron chi connectivity index (χ0n) is 6.57. The summed E-state index contributed by atoms with van der Waals surface area (Å²) < 4.78 is 4.46. The highest BCUT2D eigenvalue weighted by Gasteiger charge is 2.03. The summed E-state index contributed by atoms with van der Waals surface area (Å²) in [5, 5.41) is 8.31. The van der Waals surface area contributed by atoms with Crippen LogP contribution in [0.1, 0.15) is 5.56 Å². The standard InChI is InChI=1S/C8H9NO3/c1-5-4-6(9)2-3-7(5)12-8(10)11/h2-4H,9H2,1H3,(H,10,11). The first kappa shape index (κ1) is 8.39. The molecular formula is C8H9NO3. The lowest BCUT2D eigenvalue weighted by molar-refractivity contribution is 0.144. The summed E-state index contributed by atoms with van der Waals surface area (Å²) in [4.78, 5) is 10.2. The van der Waals surface area contributed by atoms with E-state index in [0.717, 1.165) is 0 Å². The van der Waals surface area contributed by atoms with Gasteiger partial charge in [-0.1, -0.05) is 0 Å².